The lowest BCUT2D eigenvalue weighted by molar-refractivity contribution is -0.145. The second kappa shape index (κ2) is 11.3. The van der Waals surface area contributed by atoms with Crippen LogP contribution in [0.3, 0.4) is 0 Å². The van der Waals surface area contributed by atoms with Crippen LogP contribution < -0.4 is 4.74 Å². The van der Waals surface area contributed by atoms with Gasteiger partial charge in [0.1, 0.15) is 18.2 Å². The Bertz CT molecular complexity index is 971. The molecule has 1 fully saturated rings. The Balaban J connectivity index is 1.49. The average Bonchev–Trinajstić information content (AvgIpc) is 3.54. The zero-order chi connectivity index (χ0) is 24.1. The van der Waals surface area contributed by atoms with E-state index in [4.69, 9.17) is 4.74 Å². The molecule has 4 rings (SSSR count). The highest BCUT2D eigenvalue weighted by Gasteiger charge is 2.35. The largest absolute Gasteiger partial charge is 0.491 e. The Morgan fingerprint density at radius 1 is 1.21 bits per heavy atom. The van der Waals surface area contributed by atoms with Crippen LogP contribution in [0.2, 0.25) is 0 Å². The minimum Gasteiger partial charge on any atom is -0.491 e. The SMILES string of the molecule is CC[C@H](C)CN(CC(=O)N1CCc2sccc2[C@@H]1COc1ccc(F)cc1)C(=O)C1CCCC1. The Morgan fingerprint density at radius 2 is 1.94 bits per heavy atom. The quantitative estimate of drug-likeness (QED) is 0.473. The Hall–Kier alpha value is -2.41. The van der Waals surface area contributed by atoms with Crippen LogP contribution in [0.25, 0.3) is 0 Å². The summed E-state index contributed by atoms with van der Waals surface area (Å²) < 4.78 is 19.3. The lowest BCUT2D eigenvalue weighted by atomic mass is 10.00. The van der Waals surface area contributed by atoms with E-state index in [1.807, 2.05) is 9.80 Å². The zero-order valence-electron chi connectivity index (χ0n) is 20.2. The third-order valence-corrected chi connectivity index (χ3v) is 8.20. The molecule has 2 atom stereocenters. The minimum atomic E-state index is -0.310. The molecule has 5 nitrogen and oxygen atoms in total. The summed E-state index contributed by atoms with van der Waals surface area (Å²) in [7, 11) is 0. The number of halogens is 1. The molecule has 1 aliphatic heterocycles. The number of hydrogen-bond acceptors (Lipinski definition) is 4. The van der Waals surface area contributed by atoms with Crippen molar-refractivity contribution in [3.05, 3.63) is 52.0 Å². The van der Waals surface area contributed by atoms with E-state index < -0.39 is 0 Å². The molecule has 2 amide bonds. The molecule has 0 radical (unpaired) electrons. The number of carbonyl (C=O) groups is 2. The number of amides is 2. The number of ether oxygens (including phenoxy) is 1. The van der Waals surface area contributed by atoms with Crippen molar-refractivity contribution in [1.82, 2.24) is 9.80 Å². The summed E-state index contributed by atoms with van der Waals surface area (Å²) in [5.74, 6) is 0.777. The zero-order valence-corrected chi connectivity index (χ0v) is 21.0. The molecule has 0 spiro atoms. The molecular formula is C27H35FN2O3S. The van der Waals surface area contributed by atoms with Gasteiger partial charge >= 0.3 is 0 Å². The molecule has 1 aliphatic carbocycles. The minimum absolute atomic E-state index is 0.0285. The number of hydrogen-bond donors (Lipinski definition) is 0. The van der Waals surface area contributed by atoms with Crippen molar-refractivity contribution in [2.24, 2.45) is 11.8 Å². The Kier molecular flexibility index (Phi) is 8.24. The topological polar surface area (TPSA) is 49.9 Å². The summed E-state index contributed by atoms with van der Waals surface area (Å²) in [5.41, 5.74) is 1.11. The molecule has 184 valence electrons. The molecule has 1 aromatic heterocycles. The van der Waals surface area contributed by atoms with Gasteiger partial charge in [0, 0.05) is 23.9 Å². The van der Waals surface area contributed by atoms with Crippen LogP contribution in [-0.4, -0.2) is 47.9 Å². The third-order valence-electron chi connectivity index (χ3n) is 7.21. The summed E-state index contributed by atoms with van der Waals surface area (Å²) >= 11 is 1.71. The molecule has 7 heteroatoms. The van der Waals surface area contributed by atoms with Crippen LogP contribution in [-0.2, 0) is 16.0 Å². The second-order valence-corrected chi connectivity index (χ2v) is 10.6. The molecule has 1 saturated carbocycles. The van der Waals surface area contributed by atoms with E-state index in [0.29, 0.717) is 31.4 Å². The molecule has 0 unspecified atom stereocenters. The van der Waals surface area contributed by atoms with E-state index in [1.54, 1.807) is 23.5 Å². The average molecular weight is 487 g/mol. The molecule has 2 heterocycles. The van der Waals surface area contributed by atoms with Crippen LogP contribution >= 0.6 is 11.3 Å². The van der Waals surface area contributed by atoms with E-state index in [9.17, 15) is 14.0 Å². The summed E-state index contributed by atoms with van der Waals surface area (Å²) in [6.45, 7) is 5.90. The van der Waals surface area contributed by atoms with Crippen molar-refractivity contribution in [2.75, 3.05) is 26.2 Å². The molecule has 1 aromatic carbocycles. The van der Waals surface area contributed by atoms with Crippen molar-refractivity contribution in [3.8, 4) is 5.75 Å². The fourth-order valence-corrected chi connectivity index (χ4v) is 5.93. The maximum Gasteiger partial charge on any atom is 0.242 e. The monoisotopic (exact) mass is 486 g/mol. The standard InChI is InChI=1S/C27H35FN2O3S/c1-3-19(2)16-29(27(32)20-6-4-5-7-20)17-26(31)30-14-12-25-23(13-15-34-25)24(30)18-33-22-10-8-21(28)9-11-22/h8-11,13,15,19-20,24H,3-7,12,14,16-18H2,1-2H3/t19-,24-/m0/s1. The molecule has 2 aliphatic rings. The number of fused-ring (bicyclic) bond motifs is 1. The predicted octanol–water partition coefficient (Wildman–Crippen LogP) is 5.46. The van der Waals surface area contributed by atoms with Crippen molar-refractivity contribution in [1.29, 1.82) is 0 Å². The number of thiophene rings is 1. The summed E-state index contributed by atoms with van der Waals surface area (Å²) in [4.78, 5) is 31.9. The number of rotatable bonds is 9. The smallest absolute Gasteiger partial charge is 0.242 e. The molecular weight excluding hydrogens is 451 g/mol. The van der Waals surface area contributed by atoms with Crippen molar-refractivity contribution < 1.29 is 18.7 Å². The first kappa shape index (κ1) is 24.7. The van der Waals surface area contributed by atoms with Crippen molar-refractivity contribution in [3.63, 3.8) is 0 Å². The lowest BCUT2D eigenvalue weighted by Crippen LogP contribution is -2.49. The highest BCUT2D eigenvalue weighted by Crippen LogP contribution is 2.34. The normalized spacial score (nSPS) is 19.0. The first-order chi connectivity index (χ1) is 16.5. The van der Waals surface area contributed by atoms with Crippen molar-refractivity contribution in [2.45, 2.75) is 58.4 Å². The summed E-state index contributed by atoms with van der Waals surface area (Å²) in [6, 6.07) is 7.80. The number of nitrogens with zero attached hydrogens (tertiary/aromatic N) is 2. The van der Waals surface area contributed by atoms with Gasteiger partial charge in [-0.2, -0.15) is 0 Å². The van der Waals surface area contributed by atoms with Gasteiger partial charge < -0.3 is 14.5 Å². The number of carbonyl (C=O) groups excluding carboxylic acids is 2. The first-order valence-corrected chi connectivity index (χ1v) is 13.4. The first-order valence-electron chi connectivity index (χ1n) is 12.5. The molecule has 34 heavy (non-hydrogen) atoms. The van der Waals surface area contributed by atoms with Crippen LogP contribution in [0.1, 0.15) is 62.4 Å². The van der Waals surface area contributed by atoms with Gasteiger partial charge in [-0.15, -0.1) is 11.3 Å². The van der Waals surface area contributed by atoms with Gasteiger partial charge in [-0.1, -0.05) is 33.1 Å². The fourth-order valence-electron chi connectivity index (χ4n) is 5.00. The Morgan fingerprint density at radius 3 is 2.65 bits per heavy atom. The highest BCUT2D eigenvalue weighted by atomic mass is 32.1. The van der Waals surface area contributed by atoms with Gasteiger partial charge in [0.05, 0.1) is 12.6 Å². The maximum absolute atomic E-state index is 13.6. The number of benzene rings is 1. The molecule has 2 aromatic rings. The molecule has 0 bridgehead atoms. The van der Waals surface area contributed by atoms with Gasteiger partial charge in [-0.25, -0.2) is 4.39 Å². The highest BCUT2D eigenvalue weighted by molar-refractivity contribution is 7.10. The van der Waals surface area contributed by atoms with E-state index in [-0.39, 0.29) is 36.1 Å². The lowest BCUT2D eigenvalue weighted by Gasteiger charge is -2.37. The van der Waals surface area contributed by atoms with Crippen LogP contribution in [0.4, 0.5) is 4.39 Å². The van der Waals surface area contributed by atoms with E-state index in [2.05, 4.69) is 25.3 Å². The van der Waals surface area contributed by atoms with Crippen molar-refractivity contribution >= 4 is 23.2 Å². The molecule has 0 N–H and O–H groups in total. The van der Waals surface area contributed by atoms with Crippen LogP contribution in [0.15, 0.2) is 35.7 Å². The Labute approximate surface area is 205 Å². The summed E-state index contributed by atoms with van der Waals surface area (Å²) in [6.07, 6.45) is 5.83. The van der Waals surface area contributed by atoms with E-state index >= 15 is 0 Å². The second-order valence-electron chi connectivity index (χ2n) is 9.63. The fraction of sp³-hybridized carbons (Fsp3) is 0.556. The van der Waals surface area contributed by atoms with Crippen LogP contribution in [0.5, 0.6) is 5.75 Å². The van der Waals surface area contributed by atoms with Gasteiger partial charge in [0.25, 0.3) is 0 Å². The van der Waals surface area contributed by atoms with Gasteiger partial charge in [0.15, 0.2) is 0 Å². The predicted molar refractivity (Wildman–Crippen MR) is 132 cm³/mol. The van der Waals surface area contributed by atoms with E-state index in [0.717, 1.165) is 44.1 Å². The summed E-state index contributed by atoms with van der Waals surface area (Å²) in [5, 5.41) is 2.06. The van der Waals surface area contributed by atoms with Gasteiger partial charge in [-0.3, -0.25) is 9.59 Å². The van der Waals surface area contributed by atoms with E-state index in [1.165, 1.54) is 17.0 Å². The van der Waals surface area contributed by atoms with Gasteiger partial charge in [0.2, 0.25) is 11.8 Å². The van der Waals surface area contributed by atoms with Gasteiger partial charge in [-0.05, 0) is 66.5 Å². The third kappa shape index (κ3) is 5.80. The molecule has 0 saturated heterocycles. The maximum atomic E-state index is 13.6. The van der Waals surface area contributed by atoms with Crippen LogP contribution in [0, 0.1) is 17.7 Å².